The molecular formula is C14H11ClN2. The van der Waals surface area contributed by atoms with Crippen molar-refractivity contribution in [2.75, 3.05) is 0 Å². The SMILES string of the molecule is Cc1cccc2[nH]c(-c3ccccc3Cl)nc12. The van der Waals surface area contributed by atoms with Crippen molar-refractivity contribution in [1.82, 2.24) is 9.97 Å². The molecule has 0 radical (unpaired) electrons. The Morgan fingerprint density at radius 2 is 1.88 bits per heavy atom. The molecule has 3 heteroatoms. The summed E-state index contributed by atoms with van der Waals surface area (Å²) in [6.45, 7) is 2.06. The minimum absolute atomic E-state index is 0.712. The molecule has 17 heavy (non-hydrogen) atoms. The van der Waals surface area contributed by atoms with E-state index < -0.39 is 0 Å². The van der Waals surface area contributed by atoms with Crippen LogP contribution in [0.2, 0.25) is 5.02 Å². The van der Waals surface area contributed by atoms with Gasteiger partial charge in [0.15, 0.2) is 0 Å². The van der Waals surface area contributed by atoms with E-state index in [-0.39, 0.29) is 0 Å². The number of hydrogen-bond acceptors (Lipinski definition) is 1. The van der Waals surface area contributed by atoms with Crippen LogP contribution in [0.25, 0.3) is 22.4 Å². The normalized spacial score (nSPS) is 10.9. The third-order valence-corrected chi connectivity index (χ3v) is 3.17. The molecule has 84 valence electrons. The number of hydrogen-bond donors (Lipinski definition) is 1. The molecular weight excluding hydrogens is 232 g/mol. The third kappa shape index (κ3) is 1.71. The maximum Gasteiger partial charge on any atom is 0.140 e. The van der Waals surface area contributed by atoms with E-state index >= 15 is 0 Å². The summed E-state index contributed by atoms with van der Waals surface area (Å²) in [5.74, 6) is 0.819. The number of aromatic nitrogens is 2. The van der Waals surface area contributed by atoms with Crippen LogP contribution in [-0.4, -0.2) is 9.97 Å². The van der Waals surface area contributed by atoms with Crippen molar-refractivity contribution >= 4 is 22.6 Å². The lowest BCUT2D eigenvalue weighted by molar-refractivity contribution is 1.33. The smallest absolute Gasteiger partial charge is 0.140 e. The van der Waals surface area contributed by atoms with Crippen molar-refractivity contribution in [3.63, 3.8) is 0 Å². The Kier molecular flexibility index (Phi) is 2.37. The van der Waals surface area contributed by atoms with Gasteiger partial charge >= 0.3 is 0 Å². The number of H-pyrrole nitrogens is 1. The minimum Gasteiger partial charge on any atom is -0.338 e. The maximum absolute atomic E-state index is 6.17. The summed E-state index contributed by atoms with van der Waals surface area (Å²) in [5.41, 5.74) is 4.14. The largest absolute Gasteiger partial charge is 0.338 e. The van der Waals surface area contributed by atoms with Crippen molar-refractivity contribution in [1.29, 1.82) is 0 Å². The number of aromatic amines is 1. The molecule has 1 aromatic heterocycles. The first-order valence-corrected chi connectivity index (χ1v) is 5.84. The van der Waals surface area contributed by atoms with Gasteiger partial charge in [-0.25, -0.2) is 4.98 Å². The Morgan fingerprint density at radius 1 is 1.06 bits per heavy atom. The van der Waals surface area contributed by atoms with E-state index in [1.165, 1.54) is 0 Å². The zero-order valence-corrected chi connectivity index (χ0v) is 10.1. The Bertz CT molecular complexity index is 686. The van der Waals surface area contributed by atoms with Crippen LogP contribution in [-0.2, 0) is 0 Å². The van der Waals surface area contributed by atoms with Gasteiger partial charge in [-0.15, -0.1) is 0 Å². The maximum atomic E-state index is 6.17. The van der Waals surface area contributed by atoms with E-state index in [1.54, 1.807) is 0 Å². The average molecular weight is 243 g/mol. The lowest BCUT2D eigenvalue weighted by Gasteiger charge is -1.98. The summed E-state index contributed by atoms with van der Waals surface area (Å²) in [5, 5.41) is 0.712. The third-order valence-electron chi connectivity index (χ3n) is 2.84. The molecule has 1 heterocycles. The van der Waals surface area contributed by atoms with Crippen molar-refractivity contribution in [3.8, 4) is 11.4 Å². The predicted octanol–water partition coefficient (Wildman–Crippen LogP) is 4.19. The molecule has 0 amide bonds. The van der Waals surface area contributed by atoms with Gasteiger partial charge in [-0.05, 0) is 30.7 Å². The summed E-state index contributed by atoms with van der Waals surface area (Å²) in [7, 11) is 0. The predicted molar refractivity (Wildman–Crippen MR) is 71.3 cm³/mol. The van der Waals surface area contributed by atoms with Crippen molar-refractivity contribution in [2.24, 2.45) is 0 Å². The van der Waals surface area contributed by atoms with Crippen molar-refractivity contribution in [3.05, 3.63) is 53.1 Å². The first-order valence-electron chi connectivity index (χ1n) is 5.46. The van der Waals surface area contributed by atoms with Gasteiger partial charge in [-0.1, -0.05) is 35.9 Å². The van der Waals surface area contributed by atoms with Crippen LogP contribution in [0.5, 0.6) is 0 Å². The van der Waals surface area contributed by atoms with Gasteiger partial charge in [-0.3, -0.25) is 0 Å². The van der Waals surface area contributed by atoms with E-state index in [2.05, 4.69) is 23.0 Å². The number of aryl methyl sites for hydroxylation is 1. The standard InChI is InChI=1S/C14H11ClN2/c1-9-5-4-8-12-13(9)17-14(16-12)10-6-2-3-7-11(10)15/h2-8H,1H3,(H,16,17). The summed E-state index contributed by atoms with van der Waals surface area (Å²) >= 11 is 6.17. The molecule has 0 unspecified atom stereocenters. The number of nitrogens with zero attached hydrogens (tertiary/aromatic N) is 1. The van der Waals surface area contributed by atoms with Gasteiger partial charge in [0.05, 0.1) is 16.1 Å². The minimum atomic E-state index is 0.712. The lowest BCUT2D eigenvalue weighted by atomic mass is 10.2. The first kappa shape index (κ1) is 10.4. The van der Waals surface area contributed by atoms with Crippen LogP contribution in [0.15, 0.2) is 42.5 Å². The number of para-hydroxylation sites is 1. The second-order valence-corrected chi connectivity index (χ2v) is 4.44. The van der Waals surface area contributed by atoms with Crippen LogP contribution in [0, 0.1) is 6.92 Å². The number of imidazole rings is 1. The quantitative estimate of drug-likeness (QED) is 0.681. The van der Waals surface area contributed by atoms with Gasteiger partial charge in [0.1, 0.15) is 5.82 Å². The van der Waals surface area contributed by atoms with Gasteiger partial charge in [-0.2, -0.15) is 0 Å². The fourth-order valence-electron chi connectivity index (χ4n) is 1.96. The summed E-state index contributed by atoms with van der Waals surface area (Å²) < 4.78 is 0. The molecule has 0 saturated carbocycles. The molecule has 0 fully saturated rings. The number of benzene rings is 2. The molecule has 1 N–H and O–H groups in total. The van der Waals surface area contributed by atoms with Crippen molar-refractivity contribution in [2.45, 2.75) is 6.92 Å². The van der Waals surface area contributed by atoms with Crippen LogP contribution < -0.4 is 0 Å². The van der Waals surface area contributed by atoms with Gasteiger partial charge in [0, 0.05) is 5.56 Å². The zero-order valence-electron chi connectivity index (χ0n) is 9.37. The molecule has 0 saturated heterocycles. The lowest BCUT2D eigenvalue weighted by Crippen LogP contribution is -1.81. The van der Waals surface area contributed by atoms with E-state index in [1.807, 2.05) is 36.4 Å². The van der Waals surface area contributed by atoms with E-state index in [4.69, 9.17) is 11.6 Å². The van der Waals surface area contributed by atoms with Crippen molar-refractivity contribution < 1.29 is 0 Å². The first-order chi connectivity index (χ1) is 8.25. The van der Waals surface area contributed by atoms with Crippen LogP contribution in [0.3, 0.4) is 0 Å². The fourth-order valence-corrected chi connectivity index (χ4v) is 2.18. The highest BCUT2D eigenvalue weighted by Gasteiger charge is 2.08. The number of rotatable bonds is 1. The van der Waals surface area contributed by atoms with Gasteiger partial charge in [0.2, 0.25) is 0 Å². The summed E-state index contributed by atoms with van der Waals surface area (Å²) in [6.07, 6.45) is 0. The van der Waals surface area contributed by atoms with Crippen LogP contribution in [0.4, 0.5) is 0 Å². The monoisotopic (exact) mass is 242 g/mol. The van der Waals surface area contributed by atoms with Gasteiger partial charge < -0.3 is 4.98 Å². The average Bonchev–Trinajstić information content (AvgIpc) is 2.75. The molecule has 0 bridgehead atoms. The van der Waals surface area contributed by atoms with E-state index in [0.717, 1.165) is 28.0 Å². The van der Waals surface area contributed by atoms with Crippen LogP contribution in [0.1, 0.15) is 5.56 Å². The number of halogens is 1. The number of nitrogens with one attached hydrogen (secondary N) is 1. The Balaban J connectivity index is 2.26. The van der Waals surface area contributed by atoms with E-state index in [0.29, 0.717) is 5.02 Å². The molecule has 0 atom stereocenters. The fraction of sp³-hybridized carbons (Fsp3) is 0.0714. The van der Waals surface area contributed by atoms with E-state index in [9.17, 15) is 0 Å². The second kappa shape index (κ2) is 3.90. The Morgan fingerprint density at radius 3 is 2.65 bits per heavy atom. The molecule has 0 aliphatic heterocycles. The van der Waals surface area contributed by atoms with Gasteiger partial charge in [0.25, 0.3) is 0 Å². The summed E-state index contributed by atoms with van der Waals surface area (Å²) in [4.78, 5) is 7.90. The summed E-state index contributed by atoms with van der Waals surface area (Å²) in [6, 6.07) is 13.8. The highest BCUT2D eigenvalue weighted by Crippen LogP contribution is 2.27. The Labute approximate surface area is 104 Å². The highest BCUT2D eigenvalue weighted by molar-refractivity contribution is 6.33. The molecule has 2 nitrogen and oxygen atoms in total. The number of fused-ring (bicyclic) bond motifs is 1. The van der Waals surface area contributed by atoms with Crippen LogP contribution >= 0.6 is 11.6 Å². The molecule has 0 aliphatic carbocycles. The second-order valence-electron chi connectivity index (χ2n) is 4.04. The molecule has 3 aromatic rings. The molecule has 2 aromatic carbocycles. The topological polar surface area (TPSA) is 28.7 Å². The molecule has 3 rings (SSSR count). The molecule has 0 aliphatic rings. The zero-order chi connectivity index (χ0) is 11.8. The Hall–Kier alpha value is -1.80. The molecule has 0 spiro atoms. The highest BCUT2D eigenvalue weighted by atomic mass is 35.5.